The van der Waals surface area contributed by atoms with Crippen molar-refractivity contribution in [3.8, 4) is 11.3 Å². The van der Waals surface area contributed by atoms with Crippen LogP contribution in [0.1, 0.15) is 30.4 Å². The minimum atomic E-state index is 0.109. The average Bonchev–Trinajstić information content (AvgIpc) is 2.83. The number of anilines is 1. The van der Waals surface area contributed by atoms with E-state index in [0.29, 0.717) is 0 Å². The first-order valence-corrected chi connectivity index (χ1v) is 8.48. The molecule has 0 bridgehead atoms. The Bertz CT molecular complexity index is 902. The summed E-state index contributed by atoms with van der Waals surface area (Å²) in [6.45, 7) is 4.16. The minimum absolute atomic E-state index is 0.109. The molecule has 1 amide bonds. The number of amides is 1. The van der Waals surface area contributed by atoms with Gasteiger partial charge >= 0.3 is 0 Å². The van der Waals surface area contributed by atoms with Crippen LogP contribution >= 0.6 is 0 Å². The topological polar surface area (TPSA) is 46.4 Å². The summed E-state index contributed by atoms with van der Waals surface area (Å²) in [5.41, 5.74) is 5.10. The second kappa shape index (κ2) is 5.78. The summed E-state index contributed by atoms with van der Waals surface area (Å²) in [4.78, 5) is 17.3. The lowest BCUT2D eigenvalue weighted by atomic mass is 9.85. The molecule has 0 spiro atoms. The zero-order valence-corrected chi connectivity index (χ0v) is 14.0. The smallest absolute Gasteiger partial charge is 0.228 e. The molecule has 0 unspecified atom stereocenters. The summed E-state index contributed by atoms with van der Waals surface area (Å²) in [6, 6.07) is 12.3. The number of pyridine rings is 1. The van der Waals surface area contributed by atoms with Crippen LogP contribution in [-0.4, -0.2) is 15.3 Å². The molecule has 2 aromatic heterocycles. The third-order valence-electron chi connectivity index (χ3n) is 4.74. The Kier molecular flexibility index (Phi) is 3.60. The molecular weight excluding hydrogens is 298 g/mol. The van der Waals surface area contributed by atoms with Gasteiger partial charge in [0.25, 0.3) is 0 Å². The highest BCUT2D eigenvalue weighted by atomic mass is 16.2. The van der Waals surface area contributed by atoms with E-state index in [4.69, 9.17) is 4.98 Å². The van der Waals surface area contributed by atoms with E-state index in [1.54, 1.807) is 0 Å². The first-order chi connectivity index (χ1) is 11.6. The number of nitrogens with zero attached hydrogens (tertiary/aromatic N) is 2. The molecule has 2 heterocycles. The molecule has 0 saturated heterocycles. The molecule has 4 heteroatoms. The number of carbonyl (C=O) groups excluding carboxylic acids is 1. The van der Waals surface area contributed by atoms with Gasteiger partial charge in [0.05, 0.1) is 0 Å². The minimum Gasteiger partial charge on any atom is -0.310 e. The Morgan fingerprint density at radius 3 is 2.58 bits per heavy atom. The highest BCUT2D eigenvalue weighted by Gasteiger charge is 2.27. The molecule has 1 N–H and O–H groups in total. The summed E-state index contributed by atoms with van der Waals surface area (Å²) in [5.74, 6) is 1.02. The molecule has 4 nitrogen and oxygen atoms in total. The summed E-state index contributed by atoms with van der Waals surface area (Å²) in [5, 5.41) is 3.13. The van der Waals surface area contributed by atoms with Crippen LogP contribution in [0.5, 0.6) is 0 Å². The van der Waals surface area contributed by atoms with Crippen molar-refractivity contribution in [1.29, 1.82) is 0 Å². The standard InChI is InChI=1S/C20H21N3O/c1-13-10-14(2)12-16(11-13)18-19(22-20(24)15-6-5-7-15)23-9-4-3-8-17(23)21-18/h3-4,8-12,15H,5-7H2,1-2H3,(H,22,24). The van der Waals surface area contributed by atoms with Crippen molar-refractivity contribution in [1.82, 2.24) is 9.38 Å². The monoisotopic (exact) mass is 319 g/mol. The molecule has 24 heavy (non-hydrogen) atoms. The van der Waals surface area contributed by atoms with Gasteiger partial charge in [0.15, 0.2) is 0 Å². The molecule has 1 fully saturated rings. The van der Waals surface area contributed by atoms with E-state index in [-0.39, 0.29) is 11.8 Å². The largest absolute Gasteiger partial charge is 0.310 e. The van der Waals surface area contributed by atoms with Gasteiger partial charge in [-0.25, -0.2) is 4.98 Å². The van der Waals surface area contributed by atoms with Crippen LogP contribution in [0, 0.1) is 19.8 Å². The number of carbonyl (C=O) groups is 1. The van der Waals surface area contributed by atoms with Crippen LogP contribution in [0.15, 0.2) is 42.6 Å². The number of rotatable bonds is 3. The Morgan fingerprint density at radius 2 is 1.92 bits per heavy atom. The number of imidazole rings is 1. The maximum absolute atomic E-state index is 12.5. The zero-order valence-electron chi connectivity index (χ0n) is 14.0. The van der Waals surface area contributed by atoms with Gasteiger partial charge in [-0.15, -0.1) is 0 Å². The molecule has 1 aliphatic rings. The van der Waals surface area contributed by atoms with Crippen LogP contribution in [0.2, 0.25) is 0 Å². The fourth-order valence-electron chi connectivity index (χ4n) is 3.32. The maximum Gasteiger partial charge on any atom is 0.228 e. The normalized spacial score (nSPS) is 14.6. The fourth-order valence-corrected chi connectivity index (χ4v) is 3.32. The summed E-state index contributed by atoms with van der Waals surface area (Å²) in [7, 11) is 0. The summed E-state index contributed by atoms with van der Waals surface area (Å²) in [6.07, 6.45) is 5.07. The SMILES string of the molecule is Cc1cc(C)cc(-c2nc3ccccn3c2NC(=O)C2CCC2)c1. The molecule has 1 aromatic carbocycles. The van der Waals surface area contributed by atoms with Crippen LogP contribution in [0.3, 0.4) is 0 Å². The first kappa shape index (κ1) is 14.9. The molecule has 4 rings (SSSR count). The second-order valence-electron chi connectivity index (χ2n) is 6.73. The summed E-state index contributed by atoms with van der Waals surface area (Å²) < 4.78 is 1.96. The summed E-state index contributed by atoms with van der Waals surface area (Å²) >= 11 is 0. The fraction of sp³-hybridized carbons (Fsp3) is 0.300. The van der Waals surface area contributed by atoms with E-state index >= 15 is 0 Å². The maximum atomic E-state index is 12.5. The highest BCUT2D eigenvalue weighted by Crippen LogP contribution is 2.32. The van der Waals surface area contributed by atoms with E-state index in [2.05, 4.69) is 37.4 Å². The predicted molar refractivity (Wildman–Crippen MR) is 96.1 cm³/mol. The van der Waals surface area contributed by atoms with Gasteiger partial charge in [-0.3, -0.25) is 9.20 Å². The van der Waals surface area contributed by atoms with Crippen molar-refractivity contribution in [3.05, 3.63) is 53.7 Å². The van der Waals surface area contributed by atoms with E-state index in [0.717, 1.165) is 42.0 Å². The van der Waals surface area contributed by atoms with Gasteiger partial charge in [-0.2, -0.15) is 0 Å². The molecule has 0 aliphatic heterocycles. The van der Waals surface area contributed by atoms with E-state index in [9.17, 15) is 4.79 Å². The van der Waals surface area contributed by atoms with Crippen molar-refractivity contribution in [2.45, 2.75) is 33.1 Å². The lowest BCUT2D eigenvalue weighted by Gasteiger charge is -2.24. The number of aryl methyl sites for hydroxylation is 2. The number of benzene rings is 1. The van der Waals surface area contributed by atoms with E-state index < -0.39 is 0 Å². The molecule has 122 valence electrons. The van der Waals surface area contributed by atoms with Crippen molar-refractivity contribution >= 4 is 17.4 Å². The Balaban J connectivity index is 1.84. The average molecular weight is 319 g/mol. The molecular formula is C20H21N3O. The van der Waals surface area contributed by atoms with Crippen LogP contribution in [0.4, 0.5) is 5.82 Å². The lowest BCUT2D eigenvalue weighted by Crippen LogP contribution is -2.28. The highest BCUT2D eigenvalue weighted by molar-refractivity contribution is 5.96. The molecule has 3 aromatic rings. The molecule has 1 aliphatic carbocycles. The number of aromatic nitrogens is 2. The number of nitrogens with one attached hydrogen (secondary N) is 1. The molecule has 0 atom stereocenters. The Hall–Kier alpha value is -2.62. The Morgan fingerprint density at radius 1 is 1.17 bits per heavy atom. The van der Waals surface area contributed by atoms with Crippen molar-refractivity contribution in [2.75, 3.05) is 5.32 Å². The van der Waals surface area contributed by atoms with Crippen LogP contribution in [0.25, 0.3) is 16.9 Å². The number of hydrogen-bond donors (Lipinski definition) is 1. The third-order valence-corrected chi connectivity index (χ3v) is 4.74. The van der Waals surface area contributed by atoms with E-state index in [1.807, 2.05) is 28.8 Å². The molecule has 1 saturated carbocycles. The predicted octanol–water partition coefficient (Wildman–Crippen LogP) is 4.36. The van der Waals surface area contributed by atoms with Crippen LogP contribution < -0.4 is 5.32 Å². The van der Waals surface area contributed by atoms with Gasteiger partial charge in [0.2, 0.25) is 5.91 Å². The zero-order chi connectivity index (χ0) is 16.7. The Labute approximate surface area is 141 Å². The van der Waals surface area contributed by atoms with E-state index in [1.165, 1.54) is 11.1 Å². The van der Waals surface area contributed by atoms with Gasteiger partial charge in [0, 0.05) is 17.7 Å². The van der Waals surface area contributed by atoms with Gasteiger partial charge in [-0.1, -0.05) is 29.7 Å². The third kappa shape index (κ3) is 2.58. The second-order valence-corrected chi connectivity index (χ2v) is 6.73. The quantitative estimate of drug-likeness (QED) is 0.780. The van der Waals surface area contributed by atoms with Crippen molar-refractivity contribution in [3.63, 3.8) is 0 Å². The van der Waals surface area contributed by atoms with Gasteiger partial charge < -0.3 is 5.32 Å². The first-order valence-electron chi connectivity index (χ1n) is 8.48. The van der Waals surface area contributed by atoms with Crippen molar-refractivity contribution in [2.24, 2.45) is 5.92 Å². The van der Waals surface area contributed by atoms with Crippen LogP contribution in [-0.2, 0) is 4.79 Å². The van der Waals surface area contributed by atoms with Gasteiger partial charge in [-0.05, 0) is 51.0 Å². The number of fused-ring (bicyclic) bond motifs is 1. The molecule has 0 radical (unpaired) electrons. The lowest BCUT2D eigenvalue weighted by molar-refractivity contribution is -0.122. The van der Waals surface area contributed by atoms with Gasteiger partial charge in [0.1, 0.15) is 17.2 Å². The number of hydrogen-bond acceptors (Lipinski definition) is 2. The van der Waals surface area contributed by atoms with Crippen molar-refractivity contribution < 1.29 is 4.79 Å².